The van der Waals surface area contributed by atoms with Crippen molar-refractivity contribution in [3.05, 3.63) is 47.0 Å². The fourth-order valence-electron chi connectivity index (χ4n) is 2.52. The van der Waals surface area contributed by atoms with Crippen LogP contribution in [0.15, 0.2) is 36.4 Å². The number of fused-ring (bicyclic) bond motifs is 2. The molecule has 0 bridgehead atoms. The molecule has 4 heteroatoms. The van der Waals surface area contributed by atoms with Crippen LogP contribution in [0.4, 0.5) is 0 Å². The first-order valence-electron chi connectivity index (χ1n) is 6.96. The Hall–Kier alpha value is -1.51. The van der Waals surface area contributed by atoms with Gasteiger partial charge in [0.15, 0.2) is 0 Å². The van der Waals surface area contributed by atoms with Gasteiger partial charge < -0.3 is 5.11 Å². The first-order valence-corrected chi connectivity index (χ1v) is 7.88. The summed E-state index contributed by atoms with van der Waals surface area (Å²) in [7, 11) is 0. The third-order valence-electron chi connectivity index (χ3n) is 3.64. The smallest absolute Gasteiger partial charge is 0.143 e. The lowest BCUT2D eigenvalue weighted by atomic mass is 10.0. The lowest BCUT2D eigenvalue weighted by Gasteiger charge is -2.10. The monoisotopic (exact) mass is 319 g/mol. The number of aryl methyl sites for hydroxylation is 1. The molecule has 21 heavy (non-hydrogen) atoms. The van der Waals surface area contributed by atoms with E-state index >= 15 is 0 Å². The van der Waals surface area contributed by atoms with Crippen LogP contribution in [-0.2, 0) is 6.42 Å². The van der Waals surface area contributed by atoms with Crippen LogP contribution in [0, 0.1) is 0 Å². The Labute approximate surface area is 133 Å². The van der Waals surface area contributed by atoms with Crippen molar-refractivity contribution < 1.29 is 5.11 Å². The number of para-hydroxylation sites is 1. The summed E-state index contributed by atoms with van der Waals surface area (Å²) >= 11 is 12.0. The average molecular weight is 320 g/mol. The molecule has 1 heterocycles. The maximum atomic E-state index is 10.4. The summed E-state index contributed by atoms with van der Waals surface area (Å²) in [6, 6.07) is 11.8. The van der Waals surface area contributed by atoms with Crippen molar-refractivity contribution in [1.82, 2.24) is 4.98 Å². The van der Waals surface area contributed by atoms with E-state index in [2.05, 4.69) is 4.98 Å². The van der Waals surface area contributed by atoms with Crippen LogP contribution in [0.25, 0.3) is 21.8 Å². The lowest BCUT2D eigenvalue weighted by Crippen LogP contribution is -1.92. The molecule has 1 aromatic heterocycles. The van der Waals surface area contributed by atoms with Crippen LogP contribution in [0.3, 0.4) is 0 Å². The van der Waals surface area contributed by atoms with E-state index in [4.69, 9.17) is 23.2 Å². The number of hydrogen-bond acceptors (Lipinski definition) is 2. The second-order valence-corrected chi connectivity index (χ2v) is 5.85. The van der Waals surface area contributed by atoms with Gasteiger partial charge in [0.05, 0.1) is 16.1 Å². The summed E-state index contributed by atoms with van der Waals surface area (Å²) < 4.78 is 0. The van der Waals surface area contributed by atoms with Gasteiger partial charge in [0.1, 0.15) is 5.75 Å². The van der Waals surface area contributed by atoms with Crippen molar-refractivity contribution in [3.8, 4) is 5.75 Å². The van der Waals surface area contributed by atoms with Crippen molar-refractivity contribution in [2.75, 3.05) is 5.88 Å². The van der Waals surface area contributed by atoms with Gasteiger partial charge in [-0.25, -0.2) is 4.98 Å². The van der Waals surface area contributed by atoms with Crippen molar-refractivity contribution in [2.45, 2.75) is 19.3 Å². The number of phenols is 1. The topological polar surface area (TPSA) is 33.1 Å². The number of phenolic OH excluding ortho intramolecular Hbond substituents is 1. The van der Waals surface area contributed by atoms with E-state index in [9.17, 15) is 5.11 Å². The van der Waals surface area contributed by atoms with Gasteiger partial charge in [0.25, 0.3) is 0 Å². The van der Waals surface area contributed by atoms with E-state index in [0.29, 0.717) is 16.3 Å². The minimum absolute atomic E-state index is 0.119. The molecule has 0 aliphatic carbocycles. The van der Waals surface area contributed by atoms with Crippen molar-refractivity contribution >= 4 is 45.0 Å². The minimum atomic E-state index is 0.119. The highest BCUT2D eigenvalue weighted by molar-refractivity contribution is 6.34. The number of unbranched alkanes of at least 4 members (excludes halogenated alkanes) is 1. The minimum Gasteiger partial charge on any atom is -0.506 e. The number of benzene rings is 2. The van der Waals surface area contributed by atoms with Gasteiger partial charge in [0, 0.05) is 16.7 Å². The third-order valence-corrected chi connectivity index (χ3v) is 4.33. The Morgan fingerprint density at radius 3 is 2.67 bits per heavy atom. The average Bonchev–Trinajstić information content (AvgIpc) is 2.51. The van der Waals surface area contributed by atoms with E-state index in [-0.39, 0.29) is 5.75 Å². The first kappa shape index (κ1) is 14.4. The van der Waals surface area contributed by atoms with Crippen molar-refractivity contribution in [2.24, 2.45) is 0 Å². The number of aromatic nitrogens is 1. The molecule has 0 saturated carbocycles. The quantitative estimate of drug-likeness (QED) is 0.401. The van der Waals surface area contributed by atoms with Gasteiger partial charge in [-0.3, -0.25) is 0 Å². The van der Waals surface area contributed by atoms with Crippen LogP contribution < -0.4 is 0 Å². The molecule has 0 spiro atoms. The number of nitrogens with zero attached hydrogens (tertiary/aromatic N) is 1. The molecular formula is C17H15Cl2NO. The van der Waals surface area contributed by atoms with Gasteiger partial charge >= 0.3 is 0 Å². The van der Waals surface area contributed by atoms with Gasteiger partial charge in [0.2, 0.25) is 0 Å². The van der Waals surface area contributed by atoms with E-state index in [0.717, 1.165) is 41.2 Å². The van der Waals surface area contributed by atoms with Crippen LogP contribution in [0.2, 0.25) is 5.02 Å². The second-order valence-electron chi connectivity index (χ2n) is 5.09. The molecule has 0 aliphatic heterocycles. The maximum absolute atomic E-state index is 10.4. The standard InChI is InChI=1S/C17H15Cl2NO/c18-8-4-3-6-12-10-15-13(17(21)16(12)19)9-11-5-1-2-7-14(11)20-15/h1-2,5,7,9-10,21H,3-4,6,8H2. The first-order chi connectivity index (χ1) is 10.2. The normalized spacial score (nSPS) is 11.3. The summed E-state index contributed by atoms with van der Waals surface area (Å²) in [5.74, 6) is 0.758. The van der Waals surface area contributed by atoms with Crippen LogP contribution in [0.1, 0.15) is 18.4 Å². The summed E-state index contributed by atoms with van der Waals surface area (Å²) in [5, 5.41) is 12.5. The highest BCUT2D eigenvalue weighted by Gasteiger charge is 2.12. The summed E-state index contributed by atoms with van der Waals surface area (Å²) in [6.45, 7) is 0. The molecule has 0 amide bonds. The Morgan fingerprint density at radius 1 is 1.05 bits per heavy atom. The van der Waals surface area contributed by atoms with E-state index < -0.39 is 0 Å². The van der Waals surface area contributed by atoms with E-state index in [1.807, 2.05) is 36.4 Å². The summed E-state index contributed by atoms with van der Waals surface area (Å²) in [5.41, 5.74) is 2.62. The van der Waals surface area contributed by atoms with Crippen molar-refractivity contribution in [1.29, 1.82) is 0 Å². The Morgan fingerprint density at radius 2 is 1.86 bits per heavy atom. The van der Waals surface area contributed by atoms with E-state index in [1.54, 1.807) is 0 Å². The molecule has 0 saturated heterocycles. The molecule has 1 N–H and O–H groups in total. The number of pyridine rings is 1. The van der Waals surface area contributed by atoms with Gasteiger partial charge in [-0.15, -0.1) is 11.6 Å². The zero-order valence-corrected chi connectivity index (χ0v) is 13.0. The molecule has 0 atom stereocenters. The van der Waals surface area contributed by atoms with Crippen LogP contribution in [0.5, 0.6) is 5.75 Å². The van der Waals surface area contributed by atoms with E-state index in [1.165, 1.54) is 0 Å². The number of rotatable bonds is 4. The zero-order chi connectivity index (χ0) is 14.8. The predicted octanol–water partition coefficient (Wildman–Crippen LogP) is 5.31. The van der Waals surface area contributed by atoms with Crippen molar-refractivity contribution in [3.63, 3.8) is 0 Å². The number of alkyl halides is 1. The molecule has 0 aliphatic rings. The SMILES string of the molecule is Oc1c(Cl)c(CCCCCl)cc2nc3ccccc3cc12. The van der Waals surface area contributed by atoms with Gasteiger partial charge in [-0.2, -0.15) is 0 Å². The highest BCUT2D eigenvalue weighted by atomic mass is 35.5. The zero-order valence-electron chi connectivity index (χ0n) is 11.4. The molecule has 3 rings (SSSR count). The predicted molar refractivity (Wildman–Crippen MR) is 89.6 cm³/mol. The molecule has 0 radical (unpaired) electrons. The van der Waals surface area contributed by atoms with Crippen LogP contribution >= 0.6 is 23.2 Å². The van der Waals surface area contributed by atoms with Gasteiger partial charge in [-0.1, -0.05) is 29.8 Å². The lowest BCUT2D eigenvalue weighted by molar-refractivity contribution is 0.481. The Bertz CT molecular complexity index is 801. The Balaban J connectivity index is 2.15. The molecule has 0 unspecified atom stereocenters. The Kier molecular flexibility index (Phi) is 4.18. The number of halogens is 2. The highest BCUT2D eigenvalue weighted by Crippen LogP contribution is 2.36. The third kappa shape index (κ3) is 2.78. The molecule has 108 valence electrons. The van der Waals surface area contributed by atoms with Crippen LogP contribution in [-0.4, -0.2) is 16.0 Å². The molecule has 3 aromatic rings. The largest absolute Gasteiger partial charge is 0.506 e. The molecule has 2 nitrogen and oxygen atoms in total. The second kappa shape index (κ2) is 6.08. The molecule has 2 aromatic carbocycles. The maximum Gasteiger partial charge on any atom is 0.143 e. The number of aromatic hydroxyl groups is 1. The summed E-state index contributed by atoms with van der Waals surface area (Å²) in [6.07, 6.45) is 2.67. The van der Waals surface area contributed by atoms with Gasteiger partial charge in [-0.05, 0) is 43.0 Å². The fraction of sp³-hybridized carbons (Fsp3) is 0.235. The summed E-state index contributed by atoms with van der Waals surface area (Å²) in [4.78, 5) is 4.62. The number of hydrogen-bond donors (Lipinski definition) is 1. The molecule has 0 fully saturated rings. The fourth-order valence-corrected chi connectivity index (χ4v) is 2.96. The molecular weight excluding hydrogens is 305 g/mol.